The minimum atomic E-state index is -0.829. The second-order valence-corrected chi connectivity index (χ2v) is 7.20. The summed E-state index contributed by atoms with van der Waals surface area (Å²) in [5.41, 5.74) is 1.63. The number of halogens is 2. The number of nitrogens with zero attached hydrogens (tertiary/aromatic N) is 1. The third-order valence-corrected chi connectivity index (χ3v) is 5.08. The molecule has 2 aromatic heterocycles. The Hall–Kier alpha value is -2.77. The van der Waals surface area contributed by atoms with Crippen LogP contribution in [0.5, 0.6) is 5.75 Å². The van der Waals surface area contributed by atoms with Crippen LogP contribution in [0.25, 0.3) is 21.5 Å². The molecular formula is C21H18F2N2O2S. The molecule has 4 nitrogen and oxygen atoms in total. The summed E-state index contributed by atoms with van der Waals surface area (Å²) in [5.74, 6) is -0.147. The highest BCUT2D eigenvalue weighted by Gasteiger charge is 2.12. The van der Waals surface area contributed by atoms with Crippen LogP contribution in [0.3, 0.4) is 0 Å². The molecule has 0 atom stereocenters. The van der Waals surface area contributed by atoms with Crippen LogP contribution in [0.15, 0.2) is 58.4 Å². The monoisotopic (exact) mass is 400 g/mol. The van der Waals surface area contributed by atoms with Crippen LogP contribution in [0, 0.1) is 11.6 Å². The predicted octanol–water partition coefficient (Wildman–Crippen LogP) is 5.39. The average molecular weight is 400 g/mol. The van der Waals surface area contributed by atoms with Crippen molar-refractivity contribution >= 4 is 21.6 Å². The maximum absolute atomic E-state index is 13.2. The molecular weight excluding hydrogens is 382 g/mol. The maximum atomic E-state index is 13.2. The fraction of sp³-hybridized carbons (Fsp3) is 0.190. The molecule has 0 aliphatic heterocycles. The van der Waals surface area contributed by atoms with E-state index in [9.17, 15) is 8.78 Å². The Balaban J connectivity index is 1.25. The molecule has 2 heterocycles. The Morgan fingerprint density at radius 2 is 2.00 bits per heavy atom. The SMILES string of the molecule is Fc1ccc(CNCCCOc2cccc(-c3onc4sccc34)c2)cc1F. The van der Waals surface area contributed by atoms with E-state index < -0.39 is 11.6 Å². The summed E-state index contributed by atoms with van der Waals surface area (Å²) in [7, 11) is 0. The van der Waals surface area contributed by atoms with Gasteiger partial charge in [0.1, 0.15) is 5.75 Å². The lowest BCUT2D eigenvalue weighted by Gasteiger charge is -2.08. The molecule has 2 aromatic carbocycles. The normalized spacial score (nSPS) is 11.2. The van der Waals surface area contributed by atoms with Crippen molar-refractivity contribution in [1.29, 1.82) is 0 Å². The largest absolute Gasteiger partial charge is 0.494 e. The number of nitrogens with one attached hydrogen (secondary N) is 1. The lowest BCUT2D eigenvalue weighted by atomic mass is 10.1. The molecule has 7 heteroatoms. The van der Waals surface area contributed by atoms with Crippen molar-refractivity contribution < 1.29 is 18.0 Å². The summed E-state index contributed by atoms with van der Waals surface area (Å²) in [6, 6.07) is 13.6. The van der Waals surface area contributed by atoms with E-state index in [1.807, 2.05) is 35.7 Å². The highest BCUT2D eigenvalue weighted by Crippen LogP contribution is 2.33. The van der Waals surface area contributed by atoms with Crippen molar-refractivity contribution in [2.45, 2.75) is 13.0 Å². The van der Waals surface area contributed by atoms with Crippen LogP contribution in [0.2, 0.25) is 0 Å². The first-order valence-corrected chi connectivity index (χ1v) is 9.79. The molecule has 0 aliphatic rings. The molecule has 4 rings (SSSR count). The fourth-order valence-electron chi connectivity index (χ4n) is 2.89. The van der Waals surface area contributed by atoms with Gasteiger partial charge in [-0.25, -0.2) is 8.78 Å². The van der Waals surface area contributed by atoms with Crippen LogP contribution >= 0.6 is 11.3 Å². The van der Waals surface area contributed by atoms with Crippen LogP contribution < -0.4 is 10.1 Å². The number of rotatable bonds is 8. The molecule has 0 bridgehead atoms. The van der Waals surface area contributed by atoms with Gasteiger partial charge in [0.25, 0.3) is 0 Å². The molecule has 4 aromatic rings. The van der Waals surface area contributed by atoms with Crippen LogP contribution in [-0.2, 0) is 6.54 Å². The Bertz CT molecular complexity index is 1080. The zero-order valence-corrected chi connectivity index (χ0v) is 15.8. The van der Waals surface area contributed by atoms with E-state index in [-0.39, 0.29) is 0 Å². The Morgan fingerprint density at radius 3 is 2.89 bits per heavy atom. The first kappa shape index (κ1) is 18.6. The molecule has 0 radical (unpaired) electrons. The van der Waals surface area contributed by atoms with Crippen molar-refractivity contribution in [1.82, 2.24) is 10.5 Å². The molecule has 0 aliphatic carbocycles. The highest BCUT2D eigenvalue weighted by molar-refractivity contribution is 7.16. The van der Waals surface area contributed by atoms with Crippen LogP contribution in [-0.4, -0.2) is 18.3 Å². The Kier molecular flexibility index (Phi) is 5.64. The summed E-state index contributed by atoms with van der Waals surface area (Å²) < 4.78 is 37.3. The first-order valence-electron chi connectivity index (χ1n) is 8.91. The molecule has 144 valence electrons. The van der Waals surface area contributed by atoms with Gasteiger partial charge in [-0.2, -0.15) is 0 Å². The first-order chi connectivity index (χ1) is 13.7. The molecule has 0 unspecified atom stereocenters. The second-order valence-electron chi connectivity index (χ2n) is 6.31. The van der Waals surface area contributed by atoms with Gasteiger partial charge in [-0.15, -0.1) is 11.3 Å². The third-order valence-electron chi connectivity index (χ3n) is 4.29. The van der Waals surface area contributed by atoms with Gasteiger partial charge in [-0.3, -0.25) is 0 Å². The summed E-state index contributed by atoms with van der Waals surface area (Å²) >= 11 is 1.55. The standard InChI is InChI=1S/C21H18F2N2O2S/c22-18-6-5-14(11-19(18)23)13-24-8-2-9-26-16-4-1-3-15(12-16)20-17-7-10-28-21(17)25-27-20/h1,3-7,10-12,24H,2,8-9,13H2. The van der Waals surface area contributed by atoms with E-state index >= 15 is 0 Å². The van der Waals surface area contributed by atoms with Crippen LogP contribution in [0.1, 0.15) is 12.0 Å². The summed E-state index contributed by atoms with van der Waals surface area (Å²) in [6.45, 7) is 1.73. The van der Waals surface area contributed by atoms with E-state index in [0.29, 0.717) is 25.3 Å². The number of ether oxygens (including phenoxy) is 1. The molecule has 1 N–H and O–H groups in total. The average Bonchev–Trinajstić information content (AvgIpc) is 3.31. The second kappa shape index (κ2) is 8.50. The van der Waals surface area contributed by atoms with Gasteiger partial charge < -0.3 is 14.6 Å². The zero-order chi connectivity index (χ0) is 19.3. The van der Waals surface area contributed by atoms with Gasteiger partial charge in [0, 0.05) is 12.1 Å². The predicted molar refractivity (Wildman–Crippen MR) is 105 cm³/mol. The fourth-order valence-corrected chi connectivity index (χ4v) is 3.59. The Morgan fingerprint density at radius 1 is 1.07 bits per heavy atom. The van der Waals surface area contributed by atoms with E-state index in [1.165, 1.54) is 6.07 Å². The van der Waals surface area contributed by atoms with Gasteiger partial charge in [0.05, 0.1) is 12.0 Å². The van der Waals surface area contributed by atoms with Crippen molar-refractivity contribution in [2.24, 2.45) is 0 Å². The minimum absolute atomic E-state index is 0.481. The van der Waals surface area contributed by atoms with E-state index in [1.54, 1.807) is 17.4 Å². The van der Waals surface area contributed by atoms with Crippen molar-refractivity contribution in [3.63, 3.8) is 0 Å². The highest BCUT2D eigenvalue weighted by atomic mass is 32.1. The molecule has 0 saturated heterocycles. The molecule has 0 fully saturated rings. The summed E-state index contributed by atoms with van der Waals surface area (Å²) in [6.07, 6.45) is 0.783. The maximum Gasteiger partial charge on any atom is 0.175 e. The van der Waals surface area contributed by atoms with Crippen molar-refractivity contribution in [2.75, 3.05) is 13.2 Å². The number of benzene rings is 2. The lowest BCUT2D eigenvalue weighted by Crippen LogP contribution is -2.17. The third kappa shape index (κ3) is 4.21. The number of thiophene rings is 1. The smallest absolute Gasteiger partial charge is 0.175 e. The van der Waals surface area contributed by atoms with Gasteiger partial charge in [-0.05, 0) is 54.2 Å². The van der Waals surface area contributed by atoms with E-state index in [2.05, 4.69) is 10.5 Å². The van der Waals surface area contributed by atoms with Gasteiger partial charge in [0.15, 0.2) is 22.2 Å². The van der Waals surface area contributed by atoms with Gasteiger partial charge in [0.2, 0.25) is 0 Å². The quantitative estimate of drug-likeness (QED) is 0.403. The molecule has 28 heavy (non-hydrogen) atoms. The molecule has 0 spiro atoms. The van der Waals surface area contributed by atoms with Crippen molar-refractivity contribution in [3.05, 3.63) is 71.1 Å². The van der Waals surface area contributed by atoms with E-state index in [4.69, 9.17) is 9.26 Å². The van der Waals surface area contributed by atoms with Crippen molar-refractivity contribution in [3.8, 4) is 17.1 Å². The molecule has 0 amide bonds. The van der Waals surface area contributed by atoms with Gasteiger partial charge in [-0.1, -0.05) is 23.4 Å². The number of fused-ring (bicyclic) bond motifs is 1. The summed E-state index contributed by atoms with van der Waals surface area (Å²) in [5, 5.41) is 10.3. The number of hydrogen-bond acceptors (Lipinski definition) is 5. The zero-order valence-electron chi connectivity index (χ0n) is 15.0. The minimum Gasteiger partial charge on any atom is -0.494 e. The van der Waals surface area contributed by atoms with E-state index in [0.717, 1.165) is 39.8 Å². The van der Waals surface area contributed by atoms with Gasteiger partial charge >= 0.3 is 0 Å². The number of aromatic nitrogens is 1. The number of hydrogen-bond donors (Lipinski definition) is 1. The molecule has 0 saturated carbocycles. The van der Waals surface area contributed by atoms with Crippen LogP contribution in [0.4, 0.5) is 8.78 Å². The lowest BCUT2D eigenvalue weighted by molar-refractivity contribution is 0.308. The Labute approximate surface area is 164 Å². The topological polar surface area (TPSA) is 47.3 Å². The summed E-state index contributed by atoms with van der Waals surface area (Å²) in [4.78, 5) is 0.883.